The lowest BCUT2D eigenvalue weighted by atomic mass is 10.2. The molecule has 0 aliphatic heterocycles. The summed E-state index contributed by atoms with van der Waals surface area (Å²) in [5.41, 5.74) is 0.745. The molecule has 0 saturated carbocycles. The Hall–Kier alpha value is -3.81. The molecule has 0 unspecified atom stereocenters. The van der Waals surface area contributed by atoms with E-state index < -0.39 is 11.9 Å². The maximum absolute atomic E-state index is 12.9. The molecule has 2 aromatic rings. The first kappa shape index (κ1) is 29.4. The molecule has 0 aliphatic rings. The molecule has 2 aromatic carbocycles. The van der Waals surface area contributed by atoms with Crippen LogP contribution in [0.25, 0.3) is 0 Å². The lowest BCUT2D eigenvalue weighted by Crippen LogP contribution is -2.18. The fourth-order valence-corrected chi connectivity index (χ4v) is 2.98. The minimum atomic E-state index is -0.791. The first-order valence-corrected chi connectivity index (χ1v) is 12.8. The highest BCUT2D eigenvalue weighted by Crippen LogP contribution is 2.27. The summed E-state index contributed by atoms with van der Waals surface area (Å²) in [6.45, 7) is 7.08. The van der Waals surface area contributed by atoms with Gasteiger partial charge in [-0.3, -0.25) is 4.79 Å². The second-order valence-corrected chi connectivity index (χ2v) is 8.30. The summed E-state index contributed by atoms with van der Waals surface area (Å²) >= 11 is 0. The Kier molecular flexibility index (Phi) is 13.3. The smallest absolute Gasteiger partial charge is 0.374 e. The minimum Gasteiger partial charge on any atom is -0.494 e. The van der Waals surface area contributed by atoms with Gasteiger partial charge >= 0.3 is 11.9 Å². The molecule has 8 nitrogen and oxygen atoms in total. The van der Waals surface area contributed by atoms with E-state index in [2.05, 4.69) is 12.2 Å². The maximum Gasteiger partial charge on any atom is 0.374 e. The average Bonchev–Trinajstić information content (AvgIpc) is 2.90. The molecule has 1 N–H and O–H groups in total. The summed E-state index contributed by atoms with van der Waals surface area (Å²) in [6, 6.07) is 13.4. The number of para-hydroxylation sites is 2. The topological polar surface area (TPSA) is 100 Å². The summed E-state index contributed by atoms with van der Waals surface area (Å²) < 4.78 is 21.8. The molecule has 0 heterocycles. The maximum atomic E-state index is 12.9. The van der Waals surface area contributed by atoms with Crippen molar-refractivity contribution in [1.29, 1.82) is 0 Å². The summed E-state index contributed by atoms with van der Waals surface area (Å²) in [5, 5.41) is 2.79. The van der Waals surface area contributed by atoms with Crippen molar-refractivity contribution in [2.24, 2.45) is 0 Å². The van der Waals surface area contributed by atoms with Crippen LogP contribution in [0.3, 0.4) is 0 Å². The van der Waals surface area contributed by atoms with Crippen molar-refractivity contribution in [3.8, 4) is 11.5 Å². The zero-order valence-corrected chi connectivity index (χ0v) is 21.9. The molecular formula is C29H37NO7. The fraction of sp³-hybridized carbons (Fsp3) is 0.414. The predicted molar refractivity (Wildman–Crippen MR) is 142 cm³/mol. The third-order valence-electron chi connectivity index (χ3n) is 5.16. The van der Waals surface area contributed by atoms with E-state index in [0.29, 0.717) is 36.4 Å². The van der Waals surface area contributed by atoms with Gasteiger partial charge in [-0.2, -0.15) is 0 Å². The SMILES string of the molecule is CCCCOC(=O)/C=C(\Oc1ccccc1NC(=O)c1ccc(OCCCC)cc1)C(=O)OCCCC. The van der Waals surface area contributed by atoms with Crippen molar-refractivity contribution < 1.29 is 33.3 Å². The number of anilines is 1. The van der Waals surface area contributed by atoms with Crippen LogP contribution in [0, 0.1) is 0 Å². The van der Waals surface area contributed by atoms with E-state index in [4.69, 9.17) is 18.9 Å². The van der Waals surface area contributed by atoms with E-state index in [1.165, 1.54) is 0 Å². The van der Waals surface area contributed by atoms with Gasteiger partial charge < -0.3 is 24.3 Å². The first-order valence-electron chi connectivity index (χ1n) is 12.8. The second-order valence-electron chi connectivity index (χ2n) is 8.30. The van der Waals surface area contributed by atoms with Crippen molar-refractivity contribution in [2.45, 2.75) is 59.3 Å². The average molecular weight is 512 g/mol. The van der Waals surface area contributed by atoms with Gasteiger partial charge in [0.05, 0.1) is 31.6 Å². The summed E-state index contributed by atoms with van der Waals surface area (Å²) in [5.74, 6) is -1.33. The number of ether oxygens (including phenoxy) is 4. The number of hydrogen-bond acceptors (Lipinski definition) is 7. The van der Waals surface area contributed by atoms with Crippen LogP contribution >= 0.6 is 0 Å². The molecule has 0 bridgehead atoms. The highest BCUT2D eigenvalue weighted by Gasteiger charge is 2.19. The van der Waals surface area contributed by atoms with Crippen LogP contribution in [-0.4, -0.2) is 37.7 Å². The Morgan fingerprint density at radius 3 is 2.08 bits per heavy atom. The summed E-state index contributed by atoms with van der Waals surface area (Å²) in [4.78, 5) is 37.8. The Balaban J connectivity index is 2.16. The molecule has 0 fully saturated rings. The number of carbonyl (C=O) groups is 3. The standard InChI is InChI=1S/C29H37NO7/c1-4-7-18-34-23-16-14-22(15-17-23)28(32)30-24-12-10-11-13-25(24)37-26(29(33)36-20-9-6-3)21-27(31)35-19-8-5-2/h10-17,21H,4-9,18-20H2,1-3H3,(H,30,32)/b26-21-. The van der Waals surface area contributed by atoms with Gasteiger partial charge in [-0.05, 0) is 55.7 Å². The minimum absolute atomic E-state index is 0.176. The van der Waals surface area contributed by atoms with Gasteiger partial charge in [0.15, 0.2) is 5.75 Å². The Morgan fingerprint density at radius 2 is 1.41 bits per heavy atom. The van der Waals surface area contributed by atoms with Crippen molar-refractivity contribution >= 4 is 23.5 Å². The molecule has 0 aromatic heterocycles. The molecule has 2 rings (SSSR count). The van der Waals surface area contributed by atoms with E-state index in [1.807, 2.05) is 13.8 Å². The van der Waals surface area contributed by atoms with Gasteiger partial charge in [0.2, 0.25) is 5.76 Å². The largest absolute Gasteiger partial charge is 0.494 e. The number of carbonyl (C=O) groups excluding carboxylic acids is 3. The van der Waals surface area contributed by atoms with Gasteiger partial charge in [0.1, 0.15) is 5.75 Å². The van der Waals surface area contributed by atoms with E-state index in [0.717, 1.165) is 31.8 Å². The molecule has 0 saturated heterocycles. The molecule has 8 heteroatoms. The van der Waals surface area contributed by atoms with E-state index in [9.17, 15) is 14.4 Å². The third-order valence-corrected chi connectivity index (χ3v) is 5.16. The number of hydrogen-bond donors (Lipinski definition) is 1. The van der Waals surface area contributed by atoms with E-state index in [-0.39, 0.29) is 30.6 Å². The number of amides is 1. The van der Waals surface area contributed by atoms with Crippen LogP contribution in [0.5, 0.6) is 11.5 Å². The first-order chi connectivity index (χ1) is 18.0. The summed E-state index contributed by atoms with van der Waals surface area (Å²) in [6.07, 6.45) is 6.05. The van der Waals surface area contributed by atoms with Crippen LogP contribution < -0.4 is 14.8 Å². The Morgan fingerprint density at radius 1 is 0.784 bits per heavy atom. The fourth-order valence-electron chi connectivity index (χ4n) is 2.98. The normalized spacial score (nSPS) is 10.9. The zero-order chi connectivity index (χ0) is 26.9. The predicted octanol–water partition coefficient (Wildman–Crippen LogP) is 6.07. The molecule has 37 heavy (non-hydrogen) atoms. The Labute approximate surface area is 218 Å². The van der Waals surface area contributed by atoms with Gasteiger partial charge in [-0.15, -0.1) is 0 Å². The van der Waals surface area contributed by atoms with E-state index in [1.54, 1.807) is 48.5 Å². The molecule has 200 valence electrons. The van der Waals surface area contributed by atoms with Crippen LogP contribution in [0.2, 0.25) is 0 Å². The highest BCUT2D eigenvalue weighted by molar-refractivity contribution is 6.05. The third kappa shape index (κ3) is 10.8. The quantitative estimate of drug-likeness (QED) is 0.126. The van der Waals surface area contributed by atoms with Crippen LogP contribution in [-0.2, 0) is 19.1 Å². The van der Waals surface area contributed by atoms with Crippen LogP contribution in [0.4, 0.5) is 5.69 Å². The van der Waals surface area contributed by atoms with Gasteiger partial charge in [-0.1, -0.05) is 52.2 Å². The molecule has 0 radical (unpaired) electrons. The molecule has 0 aliphatic carbocycles. The number of rotatable bonds is 16. The van der Waals surface area contributed by atoms with Gasteiger partial charge in [0.25, 0.3) is 5.91 Å². The Bertz CT molecular complexity index is 1030. The second kappa shape index (κ2) is 16.8. The molecule has 1 amide bonds. The van der Waals surface area contributed by atoms with Crippen molar-refractivity contribution in [1.82, 2.24) is 0 Å². The number of nitrogens with one attached hydrogen (secondary N) is 1. The number of benzene rings is 2. The van der Waals surface area contributed by atoms with Crippen molar-refractivity contribution in [3.05, 3.63) is 65.9 Å². The highest BCUT2D eigenvalue weighted by atomic mass is 16.6. The molecular weight excluding hydrogens is 474 g/mol. The van der Waals surface area contributed by atoms with Crippen LogP contribution in [0.15, 0.2) is 60.4 Å². The lowest BCUT2D eigenvalue weighted by Gasteiger charge is -2.14. The number of unbranched alkanes of at least 4 members (excludes halogenated alkanes) is 3. The van der Waals surface area contributed by atoms with Gasteiger partial charge in [0, 0.05) is 5.56 Å². The summed E-state index contributed by atoms with van der Waals surface area (Å²) in [7, 11) is 0. The van der Waals surface area contributed by atoms with Crippen LogP contribution in [0.1, 0.15) is 69.7 Å². The molecule has 0 spiro atoms. The monoisotopic (exact) mass is 511 g/mol. The zero-order valence-electron chi connectivity index (χ0n) is 21.9. The van der Waals surface area contributed by atoms with Gasteiger partial charge in [-0.25, -0.2) is 9.59 Å². The number of esters is 2. The molecule has 0 atom stereocenters. The van der Waals surface area contributed by atoms with E-state index >= 15 is 0 Å². The van der Waals surface area contributed by atoms with Crippen molar-refractivity contribution in [2.75, 3.05) is 25.1 Å². The lowest BCUT2D eigenvalue weighted by molar-refractivity contribution is -0.143. The van der Waals surface area contributed by atoms with Crippen molar-refractivity contribution in [3.63, 3.8) is 0 Å².